The number of fused-ring (bicyclic) bond motifs is 4. The fraction of sp³-hybridized carbons (Fsp3) is 0.514. The molecule has 5 rings (SSSR count). The first kappa shape index (κ1) is 41.8. The SMILES string of the molecule is NC(N)=NCCCC[C@H]1C(=O)NCC(=O)N[C@@H](CC(=O)O)C(=O)N[C@@H](Cc2c[nH]c3ccccc23)C(=O)N2CCC[C@H]2C(=O)N[C@H]2CSSCCC(=O)N1C2=O. The van der Waals surface area contributed by atoms with E-state index in [-0.39, 0.29) is 56.9 Å². The van der Waals surface area contributed by atoms with Gasteiger partial charge in [-0.05, 0) is 43.7 Å². The second-order valence-electron chi connectivity index (χ2n) is 13.6. The Hall–Kier alpha value is -5.31. The Labute approximate surface area is 329 Å². The number of carboxylic acids is 1. The third-order valence-electron chi connectivity index (χ3n) is 9.64. The molecule has 3 fully saturated rings. The van der Waals surface area contributed by atoms with E-state index in [0.717, 1.165) is 15.8 Å². The maximum atomic E-state index is 14.4. The fourth-order valence-electron chi connectivity index (χ4n) is 6.93. The second kappa shape index (κ2) is 19.5. The van der Waals surface area contributed by atoms with Crippen molar-refractivity contribution in [2.24, 2.45) is 16.5 Å². The van der Waals surface area contributed by atoms with Gasteiger partial charge in [0, 0.05) is 54.5 Å². The summed E-state index contributed by atoms with van der Waals surface area (Å²) in [6.07, 6.45) is 1.94. The number of para-hydroxylation sites is 1. The number of carboxylic acid groups (broad SMARTS) is 1. The summed E-state index contributed by atoms with van der Waals surface area (Å²) in [5.41, 5.74) is 12.3. The number of amides is 7. The van der Waals surface area contributed by atoms with Crippen LogP contribution in [0.15, 0.2) is 35.5 Å². The van der Waals surface area contributed by atoms with Crippen molar-refractivity contribution in [3.8, 4) is 0 Å². The zero-order valence-corrected chi connectivity index (χ0v) is 32.1. The van der Waals surface area contributed by atoms with Gasteiger partial charge in [-0.3, -0.25) is 48.2 Å². The number of aliphatic carboxylic acids is 1. The molecule has 56 heavy (non-hydrogen) atoms. The van der Waals surface area contributed by atoms with E-state index in [1.54, 1.807) is 6.20 Å². The lowest BCUT2D eigenvalue weighted by atomic mass is 10.0. The van der Waals surface area contributed by atoms with Crippen molar-refractivity contribution in [1.29, 1.82) is 0 Å². The summed E-state index contributed by atoms with van der Waals surface area (Å²) in [5, 5.41) is 20.6. The minimum absolute atomic E-state index is 0.0430. The topological polar surface area (TPSA) is 292 Å². The van der Waals surface area contributed by atoms with E-state index in [0.29, 0.717) is 24.2 Å². The number of carbonyl (C=O) groups is 8. The van der Waals surface area contributed by atoms with E-state index < -0.39 is 90.5 Å². The average molecular weight is 815 g/mol. The molecule has 19 nitrogen and oxygen atoms in total. The van der Waals surface area contributed by atoms with Gasteiger partial charge in [-0.15, -0.1) is 0 Å². The lowest BCUT2D eigenvalue weighted by Crippen LogP contribution is -2.62. The molecule has 302 valence electrons. The number of aliphatic imine (C=N–C) groups is 1. The molecule has 2 aromatic rings. The number of benzene rings is 1. The maximum Gasteiger partial charge on any atom is 0.305 e. The largest absolute Gasteiger partial charge is 0.481 e. The Kier molecular flexibility index (Phi) is 14.6. The molecule has 0 spiro atoms. The Bertz CT molecular complexity index is 1870. The number of aromatic amines is 1. The van der Waals surface area contributed by atoms with Crippen molar-refractivity contribution in [2.75, 3.05) is 31.1 Å². The standard InChI is InChI=1S/C35H46N10O9S2/c36-35(37)38-11-4-3-8-26-31(51)40-17-27(46)41-22(15-29(48)49)30(50)42-23(14-19-16-39-21-7-2-1-6-20(19)21)33(53)44-12-5-9-25(44)32(52)43-24-18-56-55-13-10-28(47)45(26)34(24)54/h1-2,6-7,16,22-26,39H,3-5,8-15,17-18H2,(H,40,51)(H,41,46)(H,42,50)(H,43,52)(H,48,49)(H4,36,37,38)/t22-,23-,24-,25-,26-/m0/s1. The van der Waals surface area contributed by atoms with Crippen molar-refractivity contribution < 1.29 is 43.5 Å². The molecular weight excluding hydrogens is 769 g/mol. The van der Waals surface area contributed by atoms with Crippen LogP contribution in [0.4, 0.5) is 0 Å². The first-order valence-electron chi connectivity index (χ1n) is 18.2. The number of H-pyrrole nitrogens is 1. The number of imide groups is 1. The maximum absolute atomic E-state index is 14.4. The Morgan fingerprint density at radius 3 is 2.48 bits per heavy atom. The van der Waals surface area contributed by atoms with E-state index in [4.69, 9.17) is 11.5 Å². The zero-order valence-electron chi connectivity index (χ0n) is 30.5. The normalized spacial score (nSPS) is 24.7. The highest BCUT2D eigenvalue weighted by molar-refractivity contribution is 8.76. The summed E-state index contributed by atoms with van der Waals surface area (Å²) in [7, 11) is 2.60. The van der Waals surface area contributed by atoms with Gasteiger partial charge in [-0.1, -0.05) is 39.8 Å². The molecule has 3 saturated heterocycles. The van der Waals surface area contributed by atoms with Gasteiger partial charge in [0.05, 0.1) is 13.0 Å². The highest BCUT2D eigenvalue weighted by Gasteiger charge is 2.43. The number of hydrogen-bond donors (Lipinski definition) is 8. The first-order valence-corrected chi connectivity index (χ1v) is 20.7. The highest BCUT2D eigenvalue weighted by atomic mass is 33.1. The van der Waals surface area contributed by atoms with Crippen molar-refractivity contribution >= 4 is 85.8 Å². The highest BCUT2D eigenvalue weighted by Crippen LogP contribution is 2.28. The second-order valence-corrected chi connectivity index (χ2v) is 16.2. The molecular formula is C35H46N10O9S2. The molecule has 7 amide bonds. The fourth-order valence-corrected chi connectivity index (χ4v) is 9.07. The lowest BCUT2D eigenvalue weighted by molar-refractivity contribution is -0.154. The number of hydrogen-bond acceptors (Lipinski definition) is 11. The van der Waals surface area contributed by atoms with Crippen molar-refractivity contribution in [2.45, 2.75) is 81.6 Å². The van der Waals surface area contributed by atoms with Crippen LogP contribution in [-0.2, 0) is 44.8 Å². The monoisotopic (exact) mass is 814 g/mol. The van der Waals surface area contributed by atoms with Crippen LogP contribution >= 0.6 is 21.6 Å². The lowest BCUT2D eigenvalue weighted by Gasteiger charge is -2.33. The van der Waals surface area contributed by atoms with Gasteiger partial charge in [0.15, 0.2) is 5.96 Å². The molecule has 0 unspecified atom stereocenters. The molecule has 1 aromatic carbocycles. The Morgan fingerprint density at radius 1 is 0.929 bits per heavy atom. The molecule has 21 heteroatoms. The van der Waals surface area contributed by atoms with E-state index in [1.165, 1.54) is 26.5 Å². The van der Waals surface area contributed by atoms with Crippen LogP contribution in [0.25, 0.3) is 10.9 Å². The molecule has 3 aliphatic rings. The van der Waals surface area contributed by atoms with Crippen LogP contribution in [0.5, 0.6) is 0 Å². The minimum Gasteiger partial charge on any atom is -0.481 e. The predicted octanol–water partition coefficient (Wildman–Crippen LogP) is -1.29. The molecule has 3 aliphatic heterocycles. The van der Waals surface area contributed by atoms with E-state index in [9.17, 15) is 43.5 Å². The van der Waals surface area contributed by atoms with E-state index in [1.807, 2.05) is 24.3 Å². The van der Waals surface area contributed by atoms with Gasteiger partial charge in [0.25, 0.3) is 5.91 Å². The third-order valence-corrected chi connectivity index (χ3v) is 12.1. The van der Waals surface area contributed by atoms with Gasteiger partial charge in [-0.25, -0.2) is 0 Å². The van der Waals surface area contributed by atoms with Gasteiger partial charge in [-0.2, -0.15) is 0 Å². The van der Waals surface area contributed by atoms with Gasteiger partial charge >= 0.3 is 5.97 Å². The van der Waals surface area contributed by atoms with Crippen LogP contribution in [-0.4, -0.2) is 135 Å². The summed E-state index contributed by atoms with van der Waals surface area (Å²) >= 11 is 0. The van der Waals surface area contributed by atoms with Crippen molar-refractivity contribution in [3.63, 3.8) is 0 Å². The van der Waals surface area contributed by atoms with Gasteiger partial charge in [0.1, 0.15) is 30.2 Å². The summed E-state index contributed by atoms with van der Waals surface area (Å²) in [6.45, 7) is -0.399. The van der Waals surface area contributed by atoms with E-state index in [2.05, 4.69) is 31.2 Å². The van der Waals surface area contributed by atoms with Gasteiger partial charge in [0.2, 0.25) is 35.4 Å². The number of guanidine groups is 1. The third kappa shape index (κ3) is 10.7. The van der Waals surface area contributed by atoms with Crippen LogP contribution < -0.4 is 32.7 Å². The summed E-state index contributed by atoms with van der Waals surface area (Å²) in [6, 6.07) is 0.586. The predicted molar refractivity (Wildman–Crippen MR) is 207 cm³/mol. The number of nitrogens with one attached hydrogen (secondary N) is 5. The molecule has 5 atom stereocenters. The van der Waals surface area contributed by atoms with Crippen LogP contribution in [0.3, 0.4) is 0 Å². The van der Waals surface area contributed by atoms with Gasteiger partial charge < -0.3 is 47.7 Å². The quantitative estimate of drug-likeness (QED) is 0.0482. The number of unbranched alkanes of at least 4 members (excludes halogenated alkanes) is 1. The van der Waals surface area contributed by atoms with Crippen LogP contribution in [0, 0.1) is 0 Å². The number of rotatable bonds is 9. The number of carbonyl (C=O) groups excluding carboxylic acids is 7. The number of nitrogens with two attached hydrogens (primary N) is 2. The summed E-state index contributed by atoms with van der Waals surface area (Å²) in [5.74, 6) is -6.74. The molecule has 2 bridgehead atoms. The molecule has 4 heterocycles. The van der Waals surface area contributed by atoms with E-state index >= 15 is 0 Å². The molecule has 0 aliphatic carbocycles. The van der Waals surface area contributed by atoms with Crippen LogP contribution in [0.1, 0.15) is 50.5 Å². The smallest absolute Gasteiger partial charge is 0.305 e. The summed E-state index contributed by atoms with van der Waals surface area (Å²) in [4.78, 5) is 118. The molecule has 0 radical (unpaired) electrons. The van der Waals surface area contributed by atoms with Crippen molar-refractivity contribution in [3.05, 3.63) is 36.0 Å². The Morgan fingerprint density at radius 2 is 1.71 bits per heavy atom. The molecule has 10 N–H and O–H groups in total. The summed E-state index contributed by atoms with van der Waals surface area (Å²) < 4.78 is 0. The first-order chi connectivity index (χ1) is 26.8. The van der Waals surface area contributed by atoms with Crippen molar-refractivity contribution in [1.82, 2.24) is 36.1 Å². The molecule has 0 saturated carbocycles. The molecule has 1 aromatic heterocycles. The number of aromatic nitrogens is 1. The van der Waals surface area contributed by atoms with Crippen LogP contribution in [0.2, 0.25) is 0 Å². The zero-order chi connectivity index (χ0) is 40.4. The minimum atomic E-state index is -1.67. The Balaban J connectivity index is 1.51. The average Bonchev–Trinajstić information content (AvgIpc) is 3.82. The number of nitrogens with zero attached hydrogens (tertiary/aromatic N) is 3.